The molecule has 0 radical (unpaired) electrons. The molecule has 0 atom stereocenters. The zero-order valence-corrected chi connectivity index (χ0v) is 11.2. The van der Waals surface area contributed by atoms with Crippen LogP contribution in [0.1, 0.15) is 40.6 Å². The van der Waals surface area contributed by atoms with Crippen LogP contribution < -0.4 is 5.32 Å². The Morgan fingerprint density at radius 3 is 2.86 bits per heavy atom. The van der Waals surface area contributed by atoms with E-state index in [9.17, 15) is 9.18 Å². The predicted molar refractivity (Wildman–Crippen MR) is 74.1 cm³/mol. The minimum atomic E-state index is -0.306. The highest BCUT2D eigenvalue weighted by Crippen LogP contribution is 2.40. The quantitative estimate of drug-likeness (QED) is 0.881. The molecule has 1 aromatic carbocycles. The summed E-state index contributed by atoms with van der Waals surface area (Å²) in [7, 11) is 0. The summed E-state index contributed by atoms with van der Waals surface area (Å²) >= 11 is 0. The van der Waals surface area contributed by atoms with Gasteiger partial charge in [0, 0.05) is 17.5 Å². The Morgan fingerprint density at radius 2 is 2.14 bits per heavy atom. The normalized spacial score (nSPS) is 13.4. The van der Waals surface area contributed by atoms with Crippen LogP contribution in [0.25, 0.3) is 0 Å². The van der Waals surface area contributed by atoms with Crippen molar-refractivity contribution in [1.82, 2.24) is 10.5 Å². The van der Waals surface area contributed by atoms with Crippen LogP contribution in [0, 0.1) is 17.7 Å². The van der Waals surface area contributed by atoms with Gasteiger partial charge in [-0.15, -0.1) is 0 Å². The fraction of sp³-hybridized carbons (Fsp3) is 0.250. The molecule has 1 aliphatic rings. The van der Waals surface area contributed by atoms with Crippen molar-refractivity contribution in [3.8, 4) is 11.8 Å². The molecule has 1 saturated carbocycles. The van der Waals surface area contributed by atoms with Crippen molar-refractivity contribution in [3.05, 3.63) is 53.2 Å². The van der Waals surface area contributed by atoms with E-state index in [0.29, 0.717) is 11.5 Å². The summed E-state index contributed by atoms with van der Waals surface area (Å²) in [5, 5.41) is 6.39. The molecule has 0 saturated heterocycles. The first kappa shape index (κ1) is 13.4. The minimum absolute atomic E-state index is 0.196. The minimum Gasteiger partial charge on any atom is -0.360 e. The summed E-state index contributed by atoms with van der Waals surface area (Å²) in [6.45, 7) is 0.196. The van der Waals surface area contributed by atoms with E-state index < -0.39 is 0 Å². The van der Waals surface area contributed by atoms with Crippen LogP contribution in [0.2, 0.25) is 0 Å². The number of amides is 1. The molecule has 5 heteroatoms. The molecule has 1 amide bonds. The lowest BCUT2D eigenvalue weighted by molar-refractivity contribution is 0.0949. The second-order valence-corrected chi connectivity index (χ2v) is 4.88. The third kappa shape index (κ3) is 3.48. The van der Waals surface area contributed by atoms with Crippen LogP contribution in [0.3, 0.4) is 0 Å². The molecule has 1 aliphatic carbocycles. The average Bonchev–Trinajstić information content (AvgIpc) is 3.22. The molecule has 3 rings (SSSR count). The van der Waals surface area contributed by atoms with Gasteiger partial charge >= 0.3 is 0 Å². The van der Waals surface area contributed by atoms with Crippen LogP contribution in [-0.2, 0) is 0 Å². The number of aromatic nitrogens is 1. The lowest BCUT2D eigenvalue weighted by atomic mass is 10.2. The highest BCUT2D eigenvalue weighted by atomic mass is 19.1. The Kier molecular flexibility index (Phi) is 3.69. The summed E-state index contributed by atoms with van der Waals surface area (Å²) in [5.74, 6) is 6.24. The average molecular weight is 284 g/mol. The van der Waals surface area contributed by atoms with Gasteiger partial charge in [-0.3, -0.25) is 4.79 Å². The molecular formula is C16H13FN2O2. The fourth-order valence-electron chi connectivity index (χ4n) is 1.85. The number of hydrogen-bond acceptors (Lipinski definition) is 3. The Morgan fingerprint density at radius 1 is 1.38 bits per heavy atom. The van der Waals surface area contributed by atoms with E-state index in [2.05, 4.69) is 22.3 Å². The van der Waals surface area contributed by atoms with Gasteiger partial charge in [0.15, 0.2) is 5.69 Å². The smallest absolute Gasteiger partial charge is 0.274 e. The summed E-state index contributed by atoms with van der Waals surface area (Å²) in [6, 6.07) is 7.54. The molecule has 1 heterocycles. The summed E-state index contributed by atoms with van der Waals surface area (Å²) in [5.41, 5.74) is 0.976. The maximum Gasteiger partial charge on any atom is 0.274 e. The monoisotopic (exact) mass is 284 g/mol. The molecule has 1 N–H and O–H groups in total. The largest absolute Gasteiger partial charge is 0.360 e. The molecule has 1 fully saturated rings. The van der Waals surface area contributed by atoms with Crippen molar-refractivity contribution in [2.45, 2.75) is 18.8 Å². The second kappa shape index (κ2) is 5.80. The molecular weight excluding hydrogens is 271 g/mol. The topological polar surface area (TPSA) is 55.1 Å². The second-order valence-electron chi connectivity index (χ2n) is 4.88. The van der Waals surface area contributed by atoms with E-state index in [1.165, 1.54) is 12.1 Å². The molecule has 0 spiro atoms. The highest BCUT2D eigenvalue weighted by molar-refractivity contribution is 5.92. The Balaban J connectivity index is 1.52. The molecule has 0 aliphatic heterocycles. The van der Waals surface area contributed by atoms with Crippen LogP contribution in [0.4, 0.5) is 4.39 Å². The zero-order chi connectivity index (χ0) is 14.7. The van der Waals surface area contributed by atoms with Gasteiger partial charge in [-0.25, -0.2) is 4.39 Å². The van der Waals surface area contributed by atoms with Crippen molar-refractivity contribution in [2.24, 2.45) is 0 Å². The standard InChI is InChI=1S/C16H13FN2O2/c17-13-7-3-11(4-8-13)2-1-9-18-16(20)14-10-15(21-19-14)12-5-6-12/h3-4,7-8,10,12H,5-6,9H2,(H,18,20). The number of rotatable bonds is 3. The van der Waals surface area contributed by atoms with Crippen molar-refractivity contribution < 1.29 is 13.7 Å². The van der Waals surface area contributed by atoms with E-state index in [1.54, 1.807) is 18.2 Å². The third-order valence-corrected chi connectivity index (χ3v) is 3.16. The van der Waals surface area contributed by atoms with Gasteiger partial charge in [0.2, 0.25) is 0 Å². The Labute approximate surface area is 121 Å². The number of benzene rings is 1. The van der Waals surface area contributed by atoms with Crippen LogP contribution >= 0.6 is 0 Å². The first-order valence-electron chi connectivity index (χ1n) is 6.71. The van der Waals surface area contributed by atoms with Gasteiger partial charge in [0.05, 0.1) is 6.54 Å². The van der Waals surface area contributed by atoms with Crippen molar-refractivity contribution >= 4 is 5.91 Å². The van der Waals surface area contributed by atoms with Crippen LogP contribution in [0.15, 0.2) is 34.9 Å². The maximum absolute atomic E-state index is 12.7. The number of halogens is 1. The van der Waals surface area contributed by atoms with Crippen LogP contribution in [-0.4, -0.2) is 17.6 Å². The van der Waals surface area contributed by atoms with Crippen molar-refractivity contribution in [1.29, 1.82) is 0 Å². The Hall–Kier alpha value is -2.61. The molecule has 0 bridgehead atoms. The first-order chi connectivity index (χ1) is 10.2. The van der Waals surface area contributed by atoms with Gasteiger partial charge in [-0.1, -0.05) is 17.0 Å². The zero-order valence-electron chi connectivity index (χ0n) is 11.2. The molecule has 106 valence electrons. The maximum atomic E-state index is 12.7. The number of carbonyl (C=O) groups is 1. The molecule has 2 aromatic rings. The number of nitrogens with one attached hydrogen (secondary N) is 1. The molecule has 0 unspecified atom stereocenters. The van der Waals surface area contributed by atoms with E-state index in [0.717, 1.165) is 18.6 Å². The Bertz CT molecular complexity index is 706. The number of nitrogens with zero attached hydrogens (tertiary/aromatic N) is 1. The van der Waals surface area contributed by atoms with Gasteiger partial charge in [-0.2, -0.15) is 0 Å². The van der Waals surface area contributed by atoms with Crippen molar-refractivity contribution in [2.75, 3.05) is 6.54 Å². The van der Waals surface area contributed by atoms with Crippen molar-refractivity contribution in [3.63, 3.8) is 0 Å². The molecule has 1 aromatic heterocycles. The summed E-state index contributed by atoms with van der Waals surface area (Å²) < 4.78 is 17.8. The molecule has 4 nitrogen and oxygen atoms in total. The fourth-order valence-corrected chi connectivity index (χ4v) is 1.85. The van der Waals surface area contributed by atoms with E-state index in [4.69, 9.17) is 4.52 Å². The van der Waals surface area contributed by atoms with Gasteiger partial charge < -0.3 is 9.84 Å². The van der Waals surface area contributed by atoms with Crippen LogP contribution in [0.5, 0.6) is 0 Å². The first-order valence-corrected chi connectivity index (χ1v) is 6.71. The lowest BCUT2D eigenvalue weighted by Crippen LogP contribution is -2.23. The predicted octanol–water partition coefficient (Wildman–Crippen LogP) is 2.47. The van der Waals surface area contributed by atoms with E-state index in [1.807, 2.05) is 0 Å². The summed E-state index contributed by atoms with van der Waals surface area (Å²) in [4.78, 5) is 11.8. The van der Waals surface area contributed by atoms with Gasteiger partial charge in [0.25, 0.3) is 5.91 Å². The van der Waals surface area contributed by atoms with E-state index >= 15 is 0 Å². The number of hydrogen-bond donors (Lipinski definition) is 1. The SMILES string of the molecule is O=C(NCC#Cc1ccc(F)cc1)c1cc(C2CC2)on1. The van der Waals surface area contributed by atoms with Gasteiger partial charge in [0.1, 0.15) is 11.6 Å². The lowest BCUT2D eigenvalue weighted by Gasteiger charge is -1.95. The van der Waals surface area contributed by atoms with E-state index in [-0.39, 0.29) is 24.0 Å². The number of carbonyl (C=O) groups excluding carboxylic acids is 1. The molecule has 21 heavy (non-hydrogen) atoms. The summed E-state index contributed by atoms with van der Waals surface area (Å²) in [6.07, 6.45) is 2.19. The highest BCUT2D eigenvalue weighted by Gasteiger charge is 2.28. The van der Waals surface area contributed by atoms with Gasteiger partial charge in [-0.05, 0) is 37.1 Å². The third-order valence-electron chi connectivity index (χ3n) is 3.16.